The number of aliphatic carboxylic acids is 1. The van der Waals surface area contributed by atoms with Crippen molar-refractivity contribution in [2.45, 2.75) is 51.7 Å². The summed E-state index contributed by atoms with van der Waals surface area (Å²) in [5.74, 6) is -1.06. The molecule has 0 bridgehead atoms. The lowest BCUT2D eigenvalue weighted by molar-refractivity contribution is -0.140. The van der Waals surface area contributed by atoms with E-state index < -0.39 is 12.0 Å². The van der Waals surface area contributed by atoms with Crippen molar-refractivity contribution in [1.29, 1.82) is 0 Å². The molecule has 0 aliphatic heterocycles. The smallest absolute Gasteiger partial charge is 0.326 e. The highest BCUT2D eigenvalue weighted by atomic mass is 32.1. The summed E-state index contributed by atoms with van der Waals surface area (Å²) >= 11 is 1.61. The van der Waals surface area contributed by atoms with Crippen molar-refractivity contribution < 1.29 is 14.7 Å². The van der Waals surface area contributed by atoms with Crippen molar-refractivity contribution in [3.63, 3.8) is 0 Å². The van der Waals surface area contributed by atoms with Gasteiger partial charge < -0.3 is 15.3 Å². The Kier molecular flexibility index (Phi) is 5.22. The molecule has 0 spiro atoms. The van der Waals surface area contributed by atoms with Crippen molar-refractivity contribution in [2.75, 3.05) is 0 Å². The van der Waals surface area contributed by atoms with E-state index in [0.717, 1.165) is 17.7 Å². The molecule has 0 unspecified atom stereocenters. The van der Waals surface area contributed by atoms with Crippen LogP contribution in [0, 0.1) is 5.92 Å². The summed E-state index contributed by atoms with van der Waals surface area (Å²) in [5, 5.41) is 14.0. The van der Waals surface area contributed by atoms with Gasteiger partial charge in [0.05, 0.1) is 6.54 Å². The van der Waals surface area contributed by atoms with Crippen molar-refractivity contribution in [2.24, 2.45) is 5.92 Å². The second-order valence-electron chi connectivity index (χ2n) is 5.59. The highest BCUT2D eigenvalue weighted by molar-refractivity contribution is 7.09. The van der Waals surface area contributed by atoms with Gasteiger partial charge >= 0.3 is 12.0 Å². The predicted octanol–water partition coefficient (Wildman–Crippen LogP) is 2.92. The van der Waals surface area contributed by atoms with Crippen LogP contribution in [-0.4, -0.2) is 34.1 Å². The van der Waals surface area contributed by atoms with Gasteiger partial charge in [0.2, 0.25) is 0 Å². The Hall–Kier alpha value is -1.56. The molecule has 2 rings (SSSR count). The molecule has 2 amide bonds. The van der Waals surface area contributed by atoms with Crippen LogP contribution >= 0.6 is 11.3 Å². The zero-order chi connectivity index (χ0) is 15.4. The second-order valence-corrected chi connectivity index (χ2v) is 6.62. The van der Waals surface area contributed by atoms with Gasteiger partial charge in [0.1, 0.15) is 6.04 Å². The van der Waals surface area contributed by atoms with Crippen molar-refractivity contribution in [3.8, 4) is 0 Å². The summed E-state index contributed by atoms with van der Waals surface area (Å²) in [4.78, 5) is 26.7. The summed E-state index contributed by atoms with van der Waals surface area (Å²) in [6, 6.07) is 3.11. The first-order valence-electron chi connectivity index (χ1n) is 7.35. The van der Waals surface area contributed by atoms with Crippen LogP contribution in [0.5, 0.6) is 0 Å². The Morgan fingerprint density at radius 2 is 2.24 bits per heavy atom. The second kappa shape index (κ2) is 6.93. The van der Waals surface area contributed by atoms with Crippen LogP contribution in [0.4, 0.5) is 4.79 Å². The molecule has 2 atom stereocenters. The Morgan fingerprint density at radius 3 is 2.71 bits per heavy atom. The van der Waals surface area contributed by atoms with Gasteiger partial charge in [-0.1, -0.05) is 26.3 Å². The van der Waals surface area contributed by atoms with Crippen molar-refractivity contribution >= 4 is 23.3 Å². The Morgan fingerprint density at radius 1 is 1.52 bits per heavy atom. The summed E-state index contributed by atoms with van der Waals surface area (Å²) in [6.07, 6.45) is 2.71. The van der Waals surface area contributed by atoms with E-state index in [2.05, 4.69) is 5.32 Å². The highest BCUT2D eigenvalue weighted by Gasteiger charge is 2.35. The SMILES string of the molecule is CC[C@H](C)[C@H](NC(=O)N(Cc1cccs1)C1CC1)C(=O)O. The molecular formula is C15H22N2O3S. The maximum Gasteiger partial charge on any atom is 0.326 e. The van der Waals surface area contributed by atoms with Crippen LogP contribution in [-0.2, 0) is 11.3 Å². The summed E-state index contributed by atoms with van der Waals surface area (Å²) in [6.45, 7) is 4.33. The summed E-state index contributed by atoms with van der Waals surface area (Å²) in [5.41, 5.74) is 0. The summed E-state index contributed by atoms with van der Waals surface area (Å²) in [7, 11) is 0. The molecule has 116 valence electrons. The molecule has 0 aromatic carbocycles. The summed E-state index contributed by atoms with van der Waals surface area (Å²) < 4.78 is 0. The maximum absolute atomic E-state index is 12.4. The van der Waals surface area contributed by atoms with Gasteiger partial charge in [-0.2, -0.15) is 0 Å². The number of thiophene rings is 1. The lowest BCUT2D eigenvalue weighted by atomic mass is 9.99. The molecule has 1 heterocycles. The van der Waals surface area contributed by atoms with Crippen LogP contribution in [0.2, 0.25) is 0 Å². The van der Waals surface area contributed by atoms with Gasteiger partial charge in [-0.25, -0.2) is 9.59 Å². The Bertz CT molecular complexity index is 485. The number of carboxylic acid groups (broad SMARTS) is 1. The lowest BCUT2D eigenvalue weighted by Crippen LogP contribution is -2.50. The van der Waals surface area contributed by atoms with Crippen molar-refractivity contribution in [3.05, 3.63) is 22.4 Å². The number of hydrogen-bond acceptors (Lipinski definition) is 3. The zero-order valence-electron chi connectivity index (χ0n) is 12.4. The average Bonchev–Trinajstić information content (AvgIpc) is 3.17. The molecule has 1 aromatic rings. The third-order valence-corrected chi connectivity index (χ3v) is 4.77. The zero-order valence-corrected chi connectivity index (χ0v) is 13.2. The van der Waals surface area contributed by atoms with Gasteiger partial charge in [-0.3, -0.25) is 0 Å². The largest absolute Gasteiger partial charge is 0.480 e. The van der Waals surface area contributed by atoms with E-state index in [1.54, 1.807) is 16.2 Å². The third kappa shape index (κ3) is 4.20. The van der Waals surface area contributed by atoms with Crippen molar-refractivity contribution in [1.82, 2.24) is 10.2 Å². The van der Waals surface area contributed by atoms with Crippen LogP contribution in [0.15, 0.2) is 17.5 Å². The lowest BCUT2D eigenvalue weighted by Gasteiger charge is -2.27. The van der Waals surface area contributed by atoms with Gasteiger partial charge in [0.25, 0.3) is 0 Å². The molecule has 1 fully saturated rings. The topological polar surface area (TPSA) is 69.6 Å². The van der Waals surface area contributed by atoms with E-state index in [1.165, 1.54) is 0 Å². The molecule has 5 nitrogen and oxygen atoms in total. The fraction of sp³-hybridized carbons (Fsp3) is 0.600. The van der Waals surface area contributed by atoms with E-state index in [-0.39, 0.29) is 18.0 Å². The number of urea groups is 1. The van der Waals surface area contributed by atoms with E-state index >= 15 is 0 Å². The number of nitrogens with one attached hydrogen (secondary N) is 1. The highest BCUT2D eigenvalue weighted by Crippen LogP contribution is 2.29. The minimum Gasteiger partial charge on any atom is -0.480 e. The van der Waals surface area contributed by atoms with Crippen LogP contribution in [0.1, 0.15) is 38.0 Å². The molecule has 1 aliphatic carbocycles. The van der Waals surface area contributed by atoms with Gasteiger partial charge in [-0.05, 0) is 30.2 Å². The predicted molar refractivity (Wildman–Crippen MR) is 82.3 cm³/mol. The number of nitrogens with zero attached hydrogens (tertiary/aromatic N) is 1. The normalized spacial score (nSPS) is 17.0. The first-order chi connectivity index (χ1) is 10.0. The number of carbonyl (C=O) groups is 2. The maximum atomic E-state index is 12.4. The number of carbonyl (C=O) groups excluding carboxylic acids is 1. The molecule has 1 aromatic heterocycles. The fourth-order valence-electron chi connectivity index (χ4n) is 2.22. The fourth-order valence-corrected chi connectivity index (χ4v) is 2.93. The molecule has 21 heavy (non-hydrogen) atoms. The van der Waals surface area contributed by atoms with Gasteiger partial charge in [-0.15, -0.1) is 11.3 Å². The number of amides is 2. The molecule has 0 radical (unpaired) electrons. The molecule has 0 saturated heterocycles. The standard InChI is InChI=1S/C15H22N2O3S/c1-3-10(2)13(14(18)19)16-15(20)17(11-6-7-11)9-12-5-4-8-21-12/h4-5,8,10-11,13H,3,6-7,9H2,1-2H3,(H,16,20)(H,18,19)/t10-,13-/m0/s1. The molecular weight excluding hydrogens is 288 g/mol. The third-order valence-electron chi connectivity index (χ3n) is 3.91. The first-order valence-corrected chi connectivity index (χ1v) is 8.23. The molecule has 1 saturated carbocycles. The minimum absolute atomic E-state index is 0.0887. The number of carboxylic acids is 1. The van der Waals surface area contributed by atoms with E-state index in [1.807, 2.05) is 31.4 Å². The monoisotopic (exact) mass is 310 g/mol. The Balaban J connectivity index is 2.02. The molecule has 1 aliphatic rings. The van der Waals surface area contributed by atoms with Gasteiger partial charge in [0, 0.05) is 10.9 Å². The first kappa shape index (κ1) is 15.8. The van der Waals surface area contributed by atoms with Crippen LogP contribution < -0.4 is 5.32 Å². The van der Waals surface area contributed by atoms with E-state index in [9.17, 15) is 14.7 Å². The number of hydrogen-bond donors (Lipinski definition) is 2. The van der Waals surface area contributed by atoms with E-state index in [0.29, 0.717) is 13.0 Å². The average molecular weight is 310 g/mol. The van der Waals surface area contributed by atoms with Crippen LogP contribution in [0.3, 0.4) is 0 Å². The van der Waals surface area contributed by atoms with Crippen LogP contribution in [0.25, 0.3) is 0 Å². The number of rotatable bonds is 7. The van der Waals surface area contributed by atoms with Gasteiger partial charge in [0.15, 0.2) is 0 Å². The molecule has 2 N–H and O–H groups in total. The Labute approximate surface area is 129 Å². The van der Waals surface area contributed by atoms with E-state index in [4.69, 9.17) is 0 Å². The minimum atomic E-state index is -0.968. The quantitative estimate of drug-likeness (QED) is 0.813. The molecule has 6 heteroatoms.